The first-order chi connectivity index (χ1) is 9.32. The van der Waals surface area contributed by atoms with Crippen molar-refractivity contribution >= 4 is 16.7 Å². The maximum absolute atomic E-state index is 12.3. The van der Waals surface area contributed by atoms with Gasteiger partial charge in [0.2, 0.25) is 5.91 Å². The van der Waals surface area contributed by atoms with E-state index in [0.29, 0.717) is 5.39 Å². The van der Waals surface area contributed by atoms with Crippen molar-refractivity contribution in [2.45, 2.75) is 32.7 Å². The first-order valence-electron chi connectivity index (χ1n) is 6.54. The van der Waals surface area contributed by atoms with E-state index in [1.807, 2.05) is 12.1 Å². The number of fused-ring (bicyclic) bond motifs is 1. The Kier molecular flexibility index (Phi) is 3.61. The third kappa shape index (κ3) is 2.71. The Labute approximate surface area is 117 Å². The molecule has 0 atom stereocenters. The number of nitrogens with zero attached hydrogens (tertiary/aromatic N) is 2. The highest BCUT2D eigenvalue weighted by Crippen LogP contribution is 2.24. The quantitative estimate of drug-likeness (QED) is 0.900. The second-order valence-electron chi connectivity index (χ2n) is 5.83. The Balaban J connectivity index is 2.53. The van der Waals surface area contributed by atoms with Crippen molar-refractivity contribution in [3.8, 4) is 0 Å². The van der Waals surface area contributed by atoms with Crippen molar-refractivity contribution in [3.05, 3.63) is 40.3 Å². The molecule has 0 unspecified atom stereocenters. The van der Waals surface area contributed by atoms with Crippen molar-refractivity contribution < 1.29 is 4.79 Å². The molecule has 106 valence electrons. The van der Waals surface area contributed by atoms with E-state index in [4.69, 9.17) is 0 Å². The van der Waals surface area contributed by atoms with Crippen LogP contribution in [0.25, 0.3) is 10.8 Å². The number of carbonyl (C=O) groups is 1. The van der Waals surface area contributed by atoms with E-state index >= 15 is 0 Å². The summed E-state index contributed by atoms with van der Waals surface area (Å²) in [6.07, 6.45) is 1.63. The molecule has 1 heterocycles. The van der Waals surface area contributed by atoms with Gasteiger partial charge in [-0.2, -0.15) is 5.10 Å². The topological polar surface area (TPSA) is 64.0 Å². The van der Waals surface area contributed by atoms with Gasteiger partial charge in [-0.05, 0) is 23.1 Å². The third-order valence-electron chi connectivity index (χ3n) is 3.29. The summed E-state index contributed by atoms with van der Waals surface area (Å²) in [6.45, 7) is 6.30. The van der Waals surface area contributed by atoms with Gasteiger partial charge in [0.25, 0.3) is 5.56 Å². The molecule has 0 saturated carbocycles. The predicted molar refractivity (Wildman–Crippen MR) is 78.8 cm³/mol. The summed E-state index contributed by atoms with van der Waals surface area (Å²) in [5, 5.41) is 7.92. The van der Waals surface area contributed by atoms with Crippen molar-refractivity contribution in [3.63, 3.8) is 0 Å². The molecule has 0 bridgehead atoms. The summed E-state index contributed by atoms with van der Waals surface area (Å²) in [6, 6.07) is 5.74. The Bertz CT molecular complexity index is 711. The fourth-order valence-corrected chi connectivity index (χ4v) is 1.98. The molecule has 0 saturated heterocycles. The molecule has 0 aliphatic rings. The first-order valence-corrected chi connectivity index (χ1v) is 6.54. The molecule has 0 radical (unpaired) electrons. The number of aromatic nitrogens is 2. The summed E-state index contributed by atoms with van der Waals surface area (Å²) in [7, 11) is 1.53. The van der Waals surface area contributed by atoms with Crippen LogP contribution in [-0.4, -0.2) is 22.7 Å². The standard InChI is InChI=1S/C15H19N3O2/c1-15(2,3)11-5-6-12-10(7-11)8-17-18(14(12)20)9-13(19)16-4/h5-8H,9H2,1-4H3,(H,16,19). The normalized spacial score (nSPS) is 11.6. The summed E-state index contributed by atoms with van der Waals surface area (Å²) in [4.78, 5) is 23.6. The van der Waals surface area contributed by atoms with Gasteiger partial charge in [-0.1, -0.05) is 26.8 Å². The van der Waals surface area contributed by atoms with Gasteiger partial charge >= 0.3 is 0 Å². The van der Waals surface area contributed by atoms with Crippen molar-refractivity contribution in [2.24, 2.45) is 0 Å². The zero-order chi connectivity index (χ0) is 14.9. The van der Waals surface area contributed by atoms with Crippen LogP contribution in [0.15, 0.2) is 29.2 Å². The molecule has 2 aromatic rings. The lowest BCUT2D eigenvalue weighted by molar-refractivity contribution is -0.121. The molecule has 5 heteroatoms. The van der Waals surface area contributed by atoms with Gasteiger partial charge < -0.3 is 5.32 Å². The lowest BCUT2D eigenvalue weighted by Crippen LogP contribution is -2.31. The number of hydrogen-bond acceptors (Lipinski definition) is 3. The van der Waals surface area contributed by atoms with Crippen LogP contribution >= 0.6 is 0 Å². The zero-order valence-corrected chi connectivity index (χ0v) is 12.2. The first kappa shape index (κ1) is 14.2. The van der Waals surface area contributed by atoms with Gasteiger partial charge in [-0.15, -0.1) is 0 Å². The molecule has 0 aliphatic carbocycles. The summed E-state index contributed by atoms with van der Waals surface area (Å²) < 4.78 is 1.18. The van der Waals surface area contributed by atoms with E-state index in [2.05, 4.69) is 31.2 Å². The molecular formula is C15H19N3O2. The van der Waals surface area contributed by atoms with Crippen LogP contribution in [0, 0.1) is 0 Å². The molecule has 1 aromatic heterocycles. The highest BCUT2D eigenvalue weighted by atomic mass is 16.2. The molecule has 0 aliphatic heterocycles. The Morgan fingerprint density at radius 3 is 2.65 bits per heavy atom. The van der Waals surface area contributed by atoms with Gasteiger partial charge in [0, 0.05) is 12.4 Å². The van der Waals surface area contributed by atoms with Crippen molar-refractivity contribution in [2.75, 3.05) is 7.05 Å². The van der Waals surface area contributed by atoms with Crippen LogP contribution < -0.4 is 10.9 Å². The second-order valence-corrected chi connectivity index (χ2v) is 5.83. The zero-order valence-electron chi connectivity index (χ0n) is 12.2. The largest absolute Gasteiger partial charge is 0.358 e. The van der Waals surface area contributed by atoms with E-state index in [0.717, 1.165) is 10.9 Å². The molecule has 0 spiro atoms. The minimum Gasteiger partial charge on any atom is -0.358 e. The molecule has 2 rings (SSSR count). The highest BCUT2D eigenvalue weighted by molar-refractivity contribution is 5.82. The van der Waals surface area contributed by atoms with E-state index in [-0.39, 0.29) is 23.4 Å². The third-order valence-corrected chi connectivity index (χ3v) is 3.29. The van der Waals surface area contributed by atoms with Crippen LogP contribution in [-0.2, 0) is 16.8 Å². The number of carbonyl (C=O) groups excluding carboxylic acids is 1. The molecule has 0 fully saturated rings. The van der Waals surface area contributed by atoms with E-state index < -0.39 is 0 Å². The van der Waals surface area contributed by atoms with E-state index in [9.17, 15) is 9.59 Å². The SMILES string of the molecule is CNC(=O)Cn1ncc2cc(C(C)(C)C)ccc2c1=O. The minimum atomic E-state index is -0.245. The lowest BCUT2D eigenvalue weighted by Gasteiger charge is -2.19. The fourth-order valence-electron chi connectivity index (χ4n) is 1.98. The lowest BCUT2D eigenvalue weighted by atomic mass is 9.86. The number of rotatable bonds is 2. The highest BCUT2D eigenvalue weighted by Gasteiger charge is 2.15. The Morgan fingerprint density at radius 1 is 1.35 bits per heavy atom. The van der Waals surface area contributed by atoms with Crippen molar-refractivity contribution in [1.29, 1.82) is 0 Å². The summed E-state index contributed by atoms with van der Waals surface area (Å²) in [5.74, 6) is -0.245. The number of nitrogens with one attached hydrogen (secondary N) is 1. The molecule has 1 N–H and O–H groups in total. The van der Waals surface area contributed by atoms with Gasteiger partial charge in [-0.3, -0.25) is 9.59 Å². The number of benzene rings is 1. The van der Waals surface area contributed by atoms with Gasteiger partial charge in [0.15, 0.2) is 0 Å². The Hall–Kier alpha value is -2.17. The van der Waals surface area contributed by atoms with Gasteiger partial charge in [0.05, 0.1) is 11.6 Å². The fraction of sp³-hybridized carbons (Fsp3) is 0.400. The average Bonchev–Trinajstić information content (AvgIpc) is 2.40. The maximum Gasteiger partial charge on any atom is 0.275 e. The van der Waals surface area contributed by atoms with E-state index in [1.165, 1.54) is 11.7 Å². The predicted octanol–water partition coefficient (Wildman–Crippen LogP) is 1.44. The number of hydrogen-bond donors (Lipinski definition) is 1. The number of likely N-dealkylation sites (N-methyl/N-ethyl adjacent to an activating group) is 1. The molecule has 5 nitrogen and oxygen atoms in total. The molecule has 20 heavy (non-hydrogen) atoms. The molecular weight excluding hydrogens is 254 g/mol. The molecule has 1 aromatic carbocycles. The van der Waals surface area contributed by atoms with Gasteiger partial charge in [-0.25, -0.2) is 4.68 Å². The monoisotopic (exact) mass is 273 g/mol. The van der Waals surface area contributed by atoms with E-state index in [1.54, 1.807) is 12.3 Å². The van der Waals surface area contributed by atoms with Crippen molar-refractivity contribution in [1.82, 2.24) is 15.1 Å². The van der Waals surface area contributed by atoms with Crippen LogP contribution in [0.4, 0.5) is 0 Å². The number of amides is 1. The molecule has 1 amide bonds. The van der Waals surface area contributed by atoms with Crippen LogP contribution in [0.3, 0.4) is 0 Å². The van der Waals surface area contributed by atoms with Crippen LogP contribution in [0.1, 0.15) is 26.3 Å². The van der Waals surface area contributed by atoms with Crippen LogP contribution in [0.5, 0.6) is 0 Å². The minimum absolute atomic E-state index is 0.0190. The smallest absolute Gasteiger partial charge is 0.275 e. The maximum atomic E-state index is 12.3. The van der Waals surface area contributed by atoms with Gasteiger partial charge in [0.1, 0.15) is 6.54 Å². The van der Waals surface area contributed by atoms with Crippen LogP contribution in [0.2, 0.25) is 0 Å². The summed E-state index contributed by atoms with van der Waals surface area (Å²) in [5.41, 5.74) is 0.923. The summed E-state index contributed by atoms with van der Waals surface area (Å²) >= 11 is 0. The Morgan fingerprint density at radius 2 is 2.05 bits per heavy atom. The average molecular weight is 273 g/mol. The second kappa shape index (κ2) is 5.07.